The van der Waals surface area contributed by atoms with Crippen LogP contribution in [-0.4, -0.2) is 10.2 Å². The van der Waals surface area contributed by atoms with Gasteiger partial charge in [-0.05, 0) is 40.9 Å². The third-order valence-corrected chi connectivity index (χ3v) is 4.52. The standard InChI is InChI=1S/C18H19BrO4/c1-3-6-10-14(20)15(21)11(7-4-2)17-16(10)22-13-9-5-8-12(19)18(13)23-17/h5,8-9,20-21H,3-4,6-7H2,1-2H3. The minimum atomic E-state index is -0.104. The maximum absolute atomic E-state index is 10.4. The average Bonchev–Trinajstić information content (AvgIpc) is 2.55. The van der Waals surface area contributed by atoms with E-state index in [1.54, 1.807) is 0 Å². The molecule has 0 unspecified atom stereocenters. The monoisotopic (exact) mass is 378 g/mol. The van der Waals surface area contributed by atoms with E-state index in [0.717, 1.165) is 17.3 Å². The molecule has 0 amide bonds. The molecule has 1 aliphatic rings. The first-order valence-electron chi connectivity index (χ1n) is 7.82. The lowest BCUT2D eigenvalue weighted by Gasteiger charge is -2.27. The molecule has 1 aliphatic heterocycles. The van der Waals surface area contributed by atoms with Gasteiger partial charge in [0, 0.05) is 11.1 Å². The van der Waals surface area contributed by atoms with Crippen molar-refractivity contribution in [2.75, 3.05) is 0 Å². The first kappa shape index (κ1) is 16.0. The van der Waals surface area contributed by atoms with Gasteiger partial charge in [-0.3, -0.25) is 0 Å². The van der Waals surface area contributed by atoms with Gasteiger partial charge in [0.05, 0.1) is 4.47 Å². The van der Waals surface area contributed by atoms with Crippen LogP contribution in [0.1, 0.15) is 37.8 Å². The second-order valence-electron chi connectivity index (χ2n) is 5.58. The fourth-order valence-corrected chi connectivity index (χ4v) is 3.26. The first-order chi connectivity index (χ1) is 11.1. The molecule has 0 spiro atoms. The molecule has 0 aliphatic carbocycles. The maximum Gasteiger partial charge on any atom is 0.184 e. The van der Waals surface area contributed by atoms with Gasteiger partial charge in [-0.1, -0.05) is 32.8 Å². The summed E-state index contributed by atoms with van der Waals surface area (Å²) >= 11 is 3.46. The summed E-state index contributed by atoms with van der Waals surface area (Å²) in [7, 11) is 0. The summed E-state index contributed by atoms with van der Waals surface area (Å²) in [4.78, 5) is 0. The predicted octanol–water partition coefficient (Wildman–Crippen LogP) is 5.66. The van der Waals surface area contributed by atoms with Crippen molar-refractivity contribution in [2.24, 2.45) is 0 Å². The van der Waals surface area contributed by atoms with Crippen LogP contribution in [0.5, 0.6) is 34.5 Å². The normalized spacial score (nSPS) is 12.1. The Bertz CT molecular complexity index is 755. The second-order valence-corrected chi connectivity index (χ2v) is 6.44. The van der Waals surface area contributed by atoms with Gasteiger partial charge in [0.25, 0.3) is 0 Å². The summed E-state index contributed by atoms with van der Waals surface area (Å²) < 4.78 is 12.9. The van der Waals surface area contributed by atoms with Crippen LogP contribution in [0, 0.1) is 0 Å². The lowest BCUT2D eigenvalue weighted by molar-refractivity contribution is 0.333. The number of halogens is 1. The Morgan fingerprint density at radius 1 is 0.870 bits per heavy atom. The Morgan fingerprint density at radius 2 is 1.43 bits per heavy atom. The molecule has 1 heterocycles. The first-order valence-corrected chi connectivity index (χ1v) is 8.61. The molecule has 2 aromatic rings. The maximum atomic E-state index is 10.4. The van der Waals surface area contributed by atoms with E-state index in [1.807, 2.05) is 32.0 Å². The van der Waals surface area contributed by atoms with Crippen molar-refractivity contribution < 1.29 is 19.7 Å². The van der Waals surface area contributed by atoms with Crippen molar-refractivity contribution in [3.05, 3.63) is 33.8 Å². The number of phenols is 2. The largest absolute Gasteiger partial charge is 0.504 e. The molecule has 0 saturated heterocycles. The number of hydrogen-bond acceptors (Lipinski definition) is 4. The molecule has 122 valence electrons. The Morgan fingerprint density at radius 3 is 2.00 bits per heavy atom. The molecular formula is C18H19BrO4. The van der Waals surface area contributed by atoms with Crippen LogP contribution in [0.25, 0.3) is 0 Å². The highest BCUT2D eigenvalue weighted by Crippen LogP contribution is 2.56. The molecule has 2 aromatic carbocycles. The summed E-state index contributed by atoms with van der Waals surface area (Å²) in [5, 5.41) is 20.8. The number of ether oxygens (including phenoxy) is 2. The quantitative estimate of drug-likeness (QED) is 0.574. The summed E-state index contributed by atoms with van der Waals surface area (Å²) in [6, 6.07) is 5.56. The third kappa shape index (κ3) is 2.63. The van der Waals surface area contributed by atoms with E-state index in [-0.39, 0.29) is 11.5 Å². The van der Waals surface area contributed by atoms with E-state index in [4.69, 9.17) is 9.47 Å². The Kier molecular flexibility index (Phi) is 4.39. The molecule has 0 fully saturated rings. The van der Waals surface area contributed by atoms with Crippen LogP contribution in [0.4, 0.5) is 0 Å². The zero-order chi connectivity index (χ0) is 16.6. The van der Waals surface area contributed by atoms with Gasteiger partial charge in [-0.25, -0.2) is 0 Å². The average molecular weight is 379 g/mol. The molecule has 0 radical (unpaired) electrons. The number of para-hydroxylation sites is 1. The van der Waals surface area contributed by atoms with Crippen molar-refractivity contribution in [3.8, 4) is 34.5 Å². The Balaban J connectivity index is 2.23. The van der Waals surface area contributed by atoms with E-state index in [2.05, 4.69) is 15.9 Å². The topological polar surface area (TPSA) is 58.9 Å². The smallest absolute Gasteiger partial charge is 0.184 e. The van der Waals surface area contributed by atoms with Crippen molar-refractivity contribution in [1.29, 1.82) is 0 Å². The molecule has 5 heteroatoms. The van der Waals surface area contributed by atoms with E-state index in [1.165, 1.54) is 0 Å². The number of benzene rings is 2. The van der Waals surface area contributed by atoms with Gasteiger partial charge in [-0.15, -0.1) is 0 Å². The van der Waals surface area contributed by atoms with Crippen molar-refractivity contribution in [2.45, 2.75) is 39.5 Å². The minimum Gasteiger partial charge on any atom is -0.504 e. The fraction of sp³-hybridized carbons (Fsp3) is 0.333. The highest BCUT2D eigenvalue weighted by atomic mass is 79.9. The van der Waals surface area contributed by atoms with Crippen molar-refractivity contribution in [3.63, 3.8) is 0 Å². The third-order valence-electron chi connectivity index (χ3n) is 3.90. The van der Waals surface area contributed by atoms with Gasteiger partial charge >= 0.3 is 0 Å². The summed E-state index contributed by atoms with van der Waals surface area (Å²) in [6.07, 6.45) is 2.83. The minimum absolute atomic E-state index is 0.101. The molecule has 2 N–H and O–H groups in total. The molecule has 0 saturated carbocycles. The number of hydrogen-bond donors (Lipinski definition) is 2. The number of phenolic OH excluding ortho intramolecular Hbond substituents is 2. The van der Waals surface area contributed by atoms with Crippen LogP contribution >= 0.6 is 15.9 Å². The van der Waals surface area contributed by atoms with E-state index in [9.17, 15) is 10.2 Å². The van der Waals surface area contributed by atoms with Crippen LogP contribution in [0.15, 0.2) is 22.7 Å². The van der Waals surface area contributed by atoms with Crippen molar-refractivity contribution >= 4 is 15.9 Å². The molecule has 0 aromatic heterocycles. The molecular weight excluding hydrogens is 360 g/mol. The van der Waals surface area contributed by atoms with Crippen LogP contribution < -0.4 is 9.47 Å². The van der Waals surface area contributed by atoms with Gasteiger partial charge in [-0.2, -0.15) is 0 Å². The second kappa shape index (κ2) is 6.32. The molecule has 4 nitrogen and oxygen atoms in total. The molecule has 0 bridgehead atoms. The Hall–Kier alpha value is -1.88. The van der Waals surface area contributed by atoms with Gasteiger partial charge < -0.3 is 19.7 Å². The van der Waals surface area contributed by atoms with Crippen LogP contribution in [-0.2, 0) is 12.8 Å². The zero-order valence-electron chi connectivity index (χ0n) is 13.1. The van der Waals surface area contributed by atoms with Crippen LogP contribution in [0.3, 0.4) is 0 Å². The lowest BCUT2D eigenvalue weighted by atomic mass is 9.98. The highest BCUT2D eigenvalue weighted by Gasteiger charge is 2.31. The van der Waals surface area contributed by atoms with Gasteiger partial charge in [0.1, 0.15) is 0 Å². The van der Waals surface area contributed by atoms with E-state index >= 15 is 0 Å². The van der Waals surface area contributed by atoms with Gasteiger partial charge in [0.2, 0.25) is 0 Å². The van der Waals surface area contributed by atoms with Gasteiger partial charge in [0.15, 0.2) is 34.5 Å². The SMILES string of the molecule is CCCc1c(O)c(O)c(CCC)c2c1Oc1cccc(Br)c1O2. The van der Waals surface area contributed by atoms with Crippen LogP contribution in [0.2, 0.25) is 0 Å². The zero-order valence-corrected chi connectivity index (χ0v) is 14.7. The number of rotatable bonds is 4. The molecule has 0 atom stereocenters. The molecule has 23 heavy (non-hydrogen) atoms. The number of aromatic hydroxyl groups is 2. The lowest BCUT2D eigenvalue weighted by Crippen LogP contribution is -2.06. The highest BCUT2D eigenvalue weighted by molar-refractivity contribution is 9.10. The van der Waals surface area contributed by atoms with E-state index < -0.39 is 0 Å². The predicted molar refractivity (Wildman–Crippen MR) is 92.1 cm³/mol. The summed E-state index contributed by atoms with van der Waals surface area (Å²) in [6.45, 7) is 4.02. The molecule has 3 rings (SSSR count). The fourth-order valence-electron chi connectivity index (χ4n) is 2.84. The summed E-state index contributed by atoms with van der Waals surface area (Å²) in [5.41, 5.74) is 1.17. The van der Waals surface area contributed by atoms with E-state index in [0.29, 0.717) is 47.0 Å². The summed E-state index contributed by atoms with van der Waals surface area (Å²) in [5.74, 6) is 1.99. The van der Waals surface area contributed by atoms with Crippen molar-refractivity contribution in [1.82, 2.24) is 0 Å². The number of fused-ring (bicyclic) bond motifs is 2. The Labute approximate surface area is 143 Å².